The van der Waals surface area contributed by atoms with Crippen molar-refractivity contribution in [3.63, 3.8) is 0 Å². The van der Waals surface area contributed by atoms with Crippen molar-refractivity contribution < 1.29 is 9.53 Å². The predicted molar refractivity (Wildman–Crippen MR) is 102 cm³/mol. The zero-order valence-corrected chi connectivity index (χ0v) is 15.7. The quantitative estimate of drug-likeness (QED) is 0.379. The summed E-state index contributed by atoms with van der Waals surface area (Å²) in [4.78, 5) is 13.6. The van der Waals surface area contributed by atoms with E-state index < -0.39 is 5.60 Å². The molecule has 0 atom stereocenters. The number of hydrogen-bond donors (Lipinski definition) is 0. The van der Waals surface area contributed by atoms with Gasteiger partial charge in [-0.1, -0.05) is 41.9 Å². The van der Waals surface area contributed by atoms with Crippen LogP contribution in [0.25, 0.3) is 6.08 Å². The Morgan fingerprint density at radius 3 is 2.46 bits per heavy atom. The van der Waals surface area contributed by atoms with Crippen molar-refractivity contribution in [3.05, 3.63) is 70.8 Å². The highest BCUT2D eigenvalue weighted by atomic mass is 35.5. The van der Waals surface area contributed by atoms with Gasteiger partial charge in [0, 0.05) is 21.2 Å². The molecule has 126 valence electrons. The number of carbonyl (C=O) groups excluding carboxylic acids is 1. The van der Waals surface area contributed by atoms with Crippen LogP contribution in [0, 0.1) is 0 Å². The van der Waals surface area contributed by atoms with Crippen LogP contribution < -0.4 is 0 Å². The van der Waals surface area contributed by atoms with E-state index in [4.69, 9.17) is 16.3 Å². The molecule has 0 N–H and O–H groups in total. The maximum absolute atomic E-state index is 12.5. The maximum Gasteiger partial charge on any atom is 0.335 e. The Bertz CT molecular complexity index is 718. The molecular formula is C20H21ClO2S. The summed E-state index contributed by atoms with van der Waals surface area (Å²) in [5, 5.41) is 0.642. The second kappa shape index (κ2) is 8.41. The molecule has 0 saturated heterocycles. The molecule has 0 bridgehead atoms. The van der Waals surface area contributed by atoms with Crippen LogP contribution in [0.2, 0.25) is 5.02 Å². The molecule has 0 aliphatic carbocycles. The average molecular weight is 361 g/mol. The molecular weight excluding hydrogens is 340 g/mol. The fourth-order valence-electron chi connectivity index (χ4n) is 1.98. The second-order valence-electron chi connectivity index (χ2n) is 6.33. The minimum Gasteiger partial charge on any atom is -0.457 e. The Morgan fingerprint density at radius 2 is 1.83 bits per heavy atom. The molecule has 4 heteroatoms. The summed E-state index contributed by atoms with van der Waals surface area (Å²) in [7, 11) is 0. The van der Waals surface area contributed by atoms with Gasteiger partial charge in [0.1, 0.15) is 5.60 Å². The Labute approximate surface area is 152 Å². The smallest absolute Gasteiger partial charge is 0.335 e. The van der Waals surface area contributed by atoms with Crippen LogP contribution in [-0.4, -0.2) is 17.3 Å². The van der Waals surface area contributed by atoms with Gasteiger partial charge >= 0.3 is 5.97 Å². The van der Waals surface area contributed by atoms with Crippen LogP contribution in [-0.2, 0) is 9.53 Å². The first-order valence-corrected chi connectivity index (χ1v) is 9.07. The fourth-order valence-corrected chi connectivity index (χ4v) is 3.05. The minimum atomic E-state index is -0.526. The first-order chi connectivity index (χ1) is 11.3. The van der Waals surface area contributed by atoms with E-state index in [1.807, 2.05) is 81.4 Å². The Hall–Kier alpha value is -1.71. The normalized spacial score (nSPS) is 12.1. The lowest BCUT2D eigenvalue weighted by atomic mass is 10.1. The van der Waals surface area contributed by atoms with Gasteiger partial charge in [-0.25, -0.2) is 4.79 Å². The van der Waals surface area contributed by atoms with Crippen molar-refractivity contribution in [3.8, 4) is 0 Å². The molecule has 2 rings (SSSR count). The van der Waals surface area contributed by atoms with Gasteiger partial charge in [0.15, 0.2) is 0 Å². The highest BCUT2D eigenvalue weighted by molar-refractivity contribution is 7.99. The molecule has 0 unspecified atom stereocenters. The summed E-state index contributed by atoms with van der Waals surface area (Å²) >= 11 is 7.64. The molecule has 0 radical (unpaired) electrons. The van der Waals surface area contributed by atoms with Crippen LogP contribution in [0.4, 0.5) is 0 Å². The number of carbonyl (C=O) groups is 1. The molecule has 0 fully saturated rings. The summed E-state index contributed by atoms with van der Waals surface area (Å²) in [6.45, 7) is 5.60. The molecule has 24 heavy (non-hydrogen) atoms. The molecule has 0 spiro atoms. The van der Waals surface area contributed by atoms with Crippen molar-refractivity contribution in [2.75, 3.05) is 5.75 Å². The number of thioether (sulfide) groups is 1. The molecule has 0 aliphatic heterocycles. The van der Waals surface area contributed by atoms with Gasteiger partial charge < -0.3 is 4.74 Å². The van der Waals surface area contributed by atoms with E-state index in [0.29, 0.717) is 16.3 Å². The van der Waals surface area contributed by atoms with Gasteiger partial charge in [-0.2, -0.15) is 0 Å². The SMILES string of the molecule is CC(C)(C)OC(=O)/C(=C/c1cccc(Cl)c1)CSc1ccccc1. The summed E-state index contributed by atoms with van der Waals surface area (Å²) in [6, 6.07) is 17.4. The molecule has 0 heterocycles. The Balaban J connectivity index is 2.22. The number of esters is 1. The monoisotopic (exact) mass is 360 g/mol. The zero-order valence-electron chi connectivity index (χ0n) is 14.1. The van der Waals surface area contributed by atoms with E-state index in [-0.39, 0.29) is 5.97 Å². The van der Waals surface area contributed by atoms with Crippen LogP contribution in [0.15, 0.2) is 65.1 Å². The zero-order chi connectivity index (χ0) is 17.6. The largest absolute Gasteiger partial charge is 0.457 e. The van der Waals surface area contributed by atoms with Gasteiger partial charge in [-0.05, 0) is 56.7 Å². The first-order valence-electron chi connectivity index (χ1n) is 7.71. The van der Waals surface area contributed by atoms with Crippen molar-refractivity contribution in [1.29, 1.82) is 0 Å². The lowest BCUT2D eigenvalue weighted by Gasteiger charge is -2.20. The first kappa shape index (κ1) is 18.6. The third-order valence-corrected chi connectivity index (χ3v) is 4.28. The van der Waals surface area contributed by atoms with Crippen LogP contribution in [0.1, 0.15) is 26.3 Å². The van der Waals surface area contributed by atoms with Crippen molar-refractivity contribution in [2.24, 2.45) is 0 Å². The van der Waals surface area contributed by atoms with Gasteiger partial charge in [0.05, 0.1) is 0 Å². The molecule has 0 amide bonds. The lowest BCUT2D eigenvalue weighted by molar-refractivity contribution is -0.149. The van der Waals surface area contributed by atoms with Crippen LogP contribution >= 0.6 is 23.4 Å². The van der Waals surface area contributed by atoms with Gasteiger partial charge in [-0.3, -0.25) is 0 Å². The average Bonchev–Trinajstić information content (AvgIpc) is 2.50. The van der Waals surface area contributed by atoms with Gasteiger partial charge in [0.2, 0.25) is 0 Å². The third-order valence-electron chi connectivity index (χ3n) is 2.99. The summed E-state index contributed by atoms with van der Waals surface area (Å²) in [6.07, 6.45) is 1.84. The highest BCUT2D eigenvalue weighted by Crippen LogP contribution is 2.24. The molecule has 2 aromatic rings. The topological polar surface area (TPSA) is 26.3 Å². The van der Waals surface area contributed by atoms with Gasteiger partial charge in [0.25, 0.3) is 0 Å². The lowest BCUT2D eigenvalue weighted by Crippen LogP contribution is -2.25. The van der Waals surface area contributed by atoms with E-state index in [0.717, 1.165) is 10.5 Å². The molecule has 0 aliphatic rings. The highest BCUT2D eigenvalue weighted by Gasteiger charge is 2.20. The number of benzene rings is 2. The molecule has 0 saturated carbocycles. The summed E-state index contributed by atoms with van der Waals surface area (Å²) < 4.78 is 5.54. The predicted octanol–water partition coefficient (Wildman–Crippen LogP) is 5.86. The second-order valence-corrected chi connectivity index (χ2v) is 7.81. The van der Waals surface area contributed by atoms with E-state index in [2.05, 4.69) is 0 Å². The fraction of sp³-hybridized carbons (Fsp3) is 0.250. The van der Waals surface area contributed by atoms with E-state index >= 15 is 0 Å². The van der Waals surface area contributed by atoms with Crippen molar-refractivity contribution in [2.45, 2.75) is 31.3 Å². The van der Waals surface area contributed by atoms with Gasteiger partial charge in [-0.15, -0.1) is 11.8 Å². The summed E-state index contributed by atoms with van der Waals surface area (Å²) in [5.41, 5.74) is 0.972. The standard InChI is InChI=1S/C20H21ClO2S/c1-20(2,3)23-19(22)16(12-15-8-7-9-17(21)13-15)14-24-18-10-5-4-6-11-18/h4-13H,14H2,1-3H3/b16-12+. The summed E-state index contributed by atoms with van der Waals surface area (Å²) in [5.74, 6) is 0.233. The van der Waals surface area contributed by atoms with E-state index in [1.165, 1.54) is 0 Å². The molecule has 2 aromatic carbocycles. The third kappa shape index (κ3) is 6.42. The maximum atomic E-state index is 12.5. The Morgan fingerprint density at radius 1 is 1.12 bits per heavy atom. The number of rotatable bonds is 5. The number of ether oxygens (including phenoxy) is 1. The van der Waals surface area contributed by atoms with E-state index in [9.17, 15) is 4.79 Å². The number of halogens is 1. The van der Waals surface area contributed by atoms with E-state index in [1.54, 1.807) is 11.8 Å². The van der Waals surface area contributed by atoms with Crippen molar-refractivity contribution >= 4 is 35.4 Å². The minimum absolute atomic E-state index is 0.300. The number of hydrogen-bond acceptors (Lipinski definition) is 3. The van der Waals surface area contributed by atoms with Crippen LogP contribution in [0.3, 0.4) is 0 Å². The van der Waals surface area contributed by atoms with Crippen molar-refractivity contribution in [1.82, 2.24) is 0 Å². The molecule has 2 nitrogen and oxygen atoms in total. The van der Waals surface area contributed by atoms with Crippen LogP contribution in [0.5, 0.6) is 0 Å². The molecule has 0 aromatic heterocycles. The Kier molecular flexibility index (Phi) is 6.52.